The first kappa shape index (κ1) is 7.35. The summed E-state index contributed by atoms with van der Waals surface area (Å²) < 4.78 is 0. The number of aliphatic imine (C=N–C) groups is 1. The van der Waals surface area contributed by atoms with Crippen LogP contribution in [-0.2, 0) is 0 Å². The predicted octanol–water partition coefficient (Wildman–Crippen LogP) is 2.32. The van der Waals surface area contributed by atoms with Crippen molar-refractivity contribution in [3.63, 3.8) is 0 Å². The first-order valence-corrected chi connectivity index (χ1v) is 3.06. The highest BCUT2D eigenvalue weighted by Gasteiger charge is 1.94. The number of rotatable bonds is 1. The van der Waals surface area contributed by atoms with E-state index < -0.39 is 0 Å². The first-order valence-electron chi connectivity index (χ1n) is 3.06. The molecule has 4 heteroatoms. The second-order valence-electron chi connectivity index (χ2n) is 1.93. The third-order valence-electron chi connectivity index (χ3n) is 1.18. The van der Waals surface area contributed by atoms with Gasteiger partial charge in [0.1, 0.15) is 0 Å². The Morgan fingerprint density at radius 3 is 3.27 bits per heavy atom. The van der Waals surface area contributed by atoms with Crippen molar-refractivity contribution in [3.05, 3.63) is 40.1 Å². The molecule has 0 bridgehead atoms. The molecule has 0 radical (unpaired) electrons. The van der Waals surface area contributed by atoms with Crippen LogP contribution in [0.3, 0.4) is 0 Å². The van der Waals surface area contributed by atoms with Crippen LogP contribution in [-0.4, -0.2) is 5.87 Å². The molecule has 0 amide bonds. The van der Waals surface area contributed by atoms with E-state index in [4.69, 9.17) is 5.53 Å². The normalized spacial score (nSPS) is 14.6. The van der Waals surface area contributed by atoms with Gasteiger partial charge in [-0.1, -0.05) is 17.3 Å². The zero-order valence-corrected chi connectivity index (χ0v) is 6.02. The summed E-state index contributed by atoms with van der Waals surface area (Å²) in [6.07, 6.45) is 5.08. The Bertz CT molecular complexity index is 322. The third kappa shape index (κ3) is 1.83. The van der Waals surface area contributed by atoms with Crippen molar-refractivity contribution in [2.75, 3.05) is 0 Å². The van der Waals surface area contributed by atoms with E-state index in [0.29, 0.717) is 11.4 Å². The van der Waals surface area contributed by atoms with Crippen LogP contribution in [0, 0.1) is 0 Å². The molecule has 0 unspecified atom stereocenters. The molecule has 0 aliphatic carbocycles. The average Bonchev–Trinajstić information content (AvgIpc) is 2.18. The Labute approximate surface area is 63.9 Å². The highest BCUT2D eigenvalue weighted by molar-refractivity contribution is 5.58. The van der Waals surface area contributed by atoms with Gasteiger partial charge in [-0.25, -0.2) is 4.99 Å². The number of hydrogen-bond donors (Lipinski definition) is 0. The SMILES string of the molecule is CC1=C(N=[N+]=[N-])C=CC=C=N1. The maximum absolute atomic E-state index is 8.15. The van der Waals surface area contributed by atoms with Gasteiger partial charge < -0.3 is 0 Å². The third-order valence-corrected chi connectivity index (χ3v) is 1.18. The van der Waals surface area contributed by atoms with Gasteiger partial charge in [-0.2, -0.15) is 0 Å². The molecule has 0 aromatic carbocycles. The molecule has 11 heavy (non-hydrogen) atoms. The Balaban J connectivity index is 3.12. The molecule has 0 atom stereocenters. The van der Waals surface area contributed by atoms with Gasteiger partial charge in [0.15, 0.2) is 0 Å². The van der Waals surface area contributed by atoms with Gasteiger partial charge in [-0.3, -0.25) is 0 Å². The highest BCUT2D eigenvalue weighted by atomic mass is 15.1. The summed E-state index contributed by atoms with van der Waals surface area (Å²) >= 11 is 0. The van der Waals surface area contributed by atoms with E-state index in [2.05, 4.69) is 20.9 Å². The van der Waals surface area contributed by atoms with Crippen molar-refractivity contribution in [2.24, 2.45) is 10.1 Å². The lowest BCUT2D eigenvalue weighted by Crippen LogP contribution is -1.74. The molecule has 0 aromatic rings. The Kier molecular flexibility index (Phi) is 2.28. The van der Waals surface area contributed by atoms with Gasteiger partial charge in [-0.05, 0) is 24.4 Å². The van der Waals surface area contributed by atoms with E-state index in [9.17, 15) is 0 Å². The molecule has 4 nitrogen and oxygen atoms in total. The minimum absolute atomic E-state index is 0.536. The largest absolute Gasteiger partial charge is 0.211 e. The number of hydrogen-bond acceptors (Lipinski definition) is 2. The van der Waals surface area contributed by atoms with Crippen molar-refractivity contribution in [1.29, 1.82) is 0 Å². The lowest BCUT2D eigenvalue weighted by Gasteiger charge is -1.90. The van der Waals surface area contributed by atoms with E-state index in [1.54, 1.807) is 25.2 Å². The Hall–Kier alpha value is -1.76. The fourth-order valence-corrected chi connectivity index (χ4v) is 0.648. The molecule has 1 heterocycles. The lowest BCUT2D eigenvalue weighted by molar-refractivity contribution is 1.20. The number of allylic oxidation sites excluding steroid dienone is 4. The van der Waals surface area contributed by atoms with E-state index >= 15 is 0 Å². The van der Waals surface area contributed by atoms with E-state index in [0.717, 1.165) is 0 Å². The highest BCUT2D eigenvalue weighted by Crippen LogP contribution is 2.09. The smallest absolute Gasteiger partial charge is 0.0595 e. The summed E-state index contributed by atoms with van der Waals surface area (Å²) in [5.74, 6) is 2.66. The minimum atomic E-state index is 0.536. The zero-order chi connectivity index (χ0) is 8.10. The standard InChI is InChI=1S/C7H6N4/c1-6-7(10-11-8)4-2-3-5-9-6/h2-4H,1H3. The van der Waals surface area contributed by atoms with E-state index in [-0.39, 0.29) is 0 Å². The van der Waals surface area contributed by atoms with Crippen molar-refractivity contribution < 1.29 is 0 Å². The topological polar surface area (TPSA) is 61.1 Å². The molecule has 0 saturated heterocycles. The fraction of sp³-hybridized carbons (Fsp3) is 0.143. The summed E-state index contributed by atoms with van der Waals surface area (Å²) in [7, 11) is 0. The van der Waals surface area contributed by atoms with Crippen LogP contribution < -0.4 is 0 Å². The first-order chi connectivity index (χ1) is 5.34. The molecule has 0 aromatic heterocycles. The molecule has 0 N–H and O–H groups in total. The van der Waals surface area contributed by atoms with Gasteiger partial charge in [0.25, 0.3) is 0 Å². The van der Waals surface area contributed by atoms with Gasteiger partial charge in [0.2, 0.25) is 0 Å². The van der Waals surface area contributed by atoms with Gasteiger partial charge >= 0.3 is 0 Å². The molecule has 1 aliphatic rings. The second-order valence-corrected chi connectivity index (χ2v) is 1.93. The second kappa shape index (κ2) is 3.42. The summed E-state index contributed by atoms with van der Waals surface area (Å²) in [5, 5.41) is 3.44. The molecule has 1 aliphatic heterocycles. The van der Waals surface area contributed by atoms with Gasteiger partial charge in [0.05, 0.1) is 11.4 Å². The minimum Gasteiger partial charge on any atom is -0.211 e. The monoisotopic (exact) mass is 146 g/mol. The number of nitrogens with zero attached hydrogens (tertiary/aromatic N) is 4. The van der Waals surface area contributed by atoms with Crippen molar-refractivity contribution >= 4 is 5.87 Å². The van der Waals surface area contributed by atoms with Crippen LogP contribution >= 0.6 is 0 Å². The molecule has 1 rings (SSSR count). The van der Waals surface area contributed by atoms with Crippen LogP contribution in [0.5, 0.6) is 0 Å². The quantitative estimate of drug-likeness (QED) is 0.309. The average molecular weight is 146 g/mol. The number of azide groups is 1. The molecule has 0 fully saturated rings. The zero-order valence-electron chi connectivity index (χ0n) is 6.02. The van der Waals surface area contributed by atoms with Crippen molar-refractivity contribution in [3.8, 4) is 0 Å². The van der Waals surface area contributed by atoms with Crippen LogP contribution in [0.1, 0.15) is 6.92 Å². The summed E-state index contributed by atoms with van der Waals surface area (Å²) in [5.41, 5.74) is 9.36. The van der Waals surface area contributed by atoms with E-state index in [1.165, 1.54) is 0 Å². The molecular weight excluding hydrogens is 140 g/mol. The maximum Gasteiger partial charge on any atom is 0.0595 e. The van der Waals surface area contributed by atoms with Crippen molar-refractivity contribution in [2.45, 2.75) is 6.92 Å². The van der Waals surface area contributed by atoms with Gasteiger partial charge in [-0.15, -0.1) is 0 Å². The summed E-state index contributed by atoms with van der Waals surface area (Å²) in [6, 6.07) is 0. The maximum atomic E-state index is 8.15. The Morgan fingerprint density at radius 1 is 1.73 bits per heavy atom. The summed E-state index contributed by atoms with van der Waals surface area (Å²) in [4.78, 5) is 6.54. The summed E-state index contributed by atoms with van der Waals surface area (Å²) in [6.45, 7) is 1.76. The molecule has 0 saturated carbocycles. The molecule has 0 spiro atoms. The van der Waals surface area contributed by atoms with Crippen molar-refractivity contribution in [1.82, 2.24) is 0 Å². The molecular formula is C7H6N4. The van der Waals surface area contributed by atoms with Gasteiger partial charge in [0, 0.05) is 4.91 Å². The Morgan fingerprint density at radius 2 is 2.55 bits per heavy atom. The van der Waals surface area contributed by atoms with Crippen LogP contribution in [0.2, 0.25) is 0 Å². The fourth-order valence-electron chi connectivity index (χ4n) is 0.648. The lowest BCUT2D eigenvalue weighted by atomic mass is 10.3. The van der Waals surface area contributed by atoms with Crippen LogP contribution in [0.15, 0.2) is 39.7 Å². The van der Waals surface area contributed by atoms with Crippen LogP contribution in [0.4, 0.5) is 0 Å². The van der Waals surface area contributed by atoms with E-state index in [1.807, 2.05) is 0 Å². The predicted molar refractivity (Wildman–Crippen MR) is 43.0 cm³/mol. The molecule has 54 valence electrons. The van der Waals surface area contributed by atoms with Crippen LogP contribution in [0.25, 0.3) is 10.4 Å².